The van der Waals surface area contributed by atoms with E-state index in [9.17, 15) is 18.0 Å². The Morgan fingerprint density at radius 3 is 2.38 bits per heavy atom. The number of carbonyl (C=O) groups excluding carboxylic acids is 1. The minimum Gasteiger partial charge on any atom is -0.374 e. The van der Waals surface area contributed by atoms with Gasteiger partial charge in [0.05, 0.1) is 17.6 Å². The molecule has 0 bridgehead atoms. The number of methoxy groups -OCH3 is 1. The molecule has 138 valence electrons. The number of halogens is 3. The summed E-state index contributed by atoms with van der Waals surface area (Å²) in [5, 5.41) is 2.74. The van der Waals surface area contributed by atoms with Crippen molar-refractivity contribution in [2.45, 2.75) is 37.6 Å². The van der Waals surface area contributed by atoms with E-state index >= 15 is 0 Å². The van der Waals surface area contributed by atoms with Crippen LogP contribution in [0.15, 0.2) is 48.5 Å². The van der Waals surface area contributed by atoms with E-state index in [-0.39, 0.29) is 17.9 Å². The van der Waals surface area contributed by atoms with Crippen molar-refractivity contribution in [2.75, 3.05) is 7.11 Å². The van der Waals surface area contributed by atoms with Gasteiger partial charge in [-0.3, -0.25) is 4.79 Å². The van der Waals surface area contributed by atoms with Crippen molar-refractivity contribution in [3.8, 4) is 0 Å². The number of alkyl halides is 3. The molecule has 2 aromatic rings. The van der Waals surface area contributed by atoms with E-state index in [1.807, 2.05) is 24.3 Å². The zero-order valence-electron chi connectivity index (χ0n) is 14.4. The zero-order valence-corrected chi connectivity index (χ0v) is 14.4. The van der Waals surface area contributed by atoms with Crippen LogP contribution in [0.25, 0.3) is 0 Å². The Morgan fingerprint density at radius 1 is 1.12 bits per heavy atom. The highest BCUT2D eigenvalue weighted by Gasteiger charge is 2.44. The zero-order chi connectivity index (χ0) is 18.8. The molecular weight excluding hydrogens is 343 g/mol. The highest BCUT2D eigenvalue weighted by atomic mass is 19.4. The molecule has 1 aliphatic rings. The quantitative estimate of drug-likeness (QED) is 0.835. The van der Waals surface area contributed by atoms with Crippen LogP contribution in [0.3, 0.4) is 0 Å². The summed E-state index contributed by atoms with van der Waals surface area (Å²) in [6.45, 7) is 0.331. The van der Waals surface area contributed by atoms with Gasteiger partial charge in [0.15, 0.2) is 0 Å². The van der Waals surface area contributed by atoms with Crippen LogP contribution in [-0.4, -0.2) is 13.0 Å². The van der Waals surface area contributed by atoms with Crippen molar-refractivity contribution < 1.29 is 22.7 Å². The molecule has 6 heteroatoms. The third-order valence-corrected chi connectivity index (χ3v) is 4.68. The number of amides is 1. The molecule has 1 fully saturated rings. The van der Waals surface area contributed by atoms with Crippen LogP contribution in [0.5, 0.6) is 0 Å². The molecule has 3 rings (SSSR count). The lowest BCUT2D eigenvalue weighted by atomic mass is 10.0. The van der Waals surface area contributed by atoms with Crippen LogP contribution in [-0.2, 0) is 34.3 Å². The molecule has 0 aliphatic heterocycles. The first-order chi connectivity index (χ1) is 12.3. The smallest absolute Gasteiger partial charge is 0.374 e. The lowest BCUT2D eigenvalue weighted by Gasteiger charge is -2.14. The number of benzene rings is 2. The molecule has 0 spiro atoms. The molecule has 0 aromatic heterocycles. The molecule has 26 heavy (non-hydrogen) atoms. The third-order valence-electron chi connectivity index (χ3n) is 4.68. The van der Waals surface area contributed by atoms with Crippen LogP contribution in [0.2, 0.25) is 0 Å². The second-order valence-electron chi connectivity index (χ2n) is 6.55. The van der Waals surface area contributed by atoms with Gasteiger partial charge in [-0.2, -0.15) is 13.2 Å². The second-order valence-corrected chi connectivity index (χ2v) is 6.55. The molecule has 3 nitrogen and oxygen atoms in total. The van der Waals surface area contributed by atoms with Gasteiger partial charge in [-0.05, 0) is 35.6 Å². The number of hydrogen-bond donors (Lipinski definition) is 1. The van der Waals surface area contributed by atoms with Gasteiger partial charge in [0, 0.05) is 13.7 Å². The molecule has 2 aromatic carbocycles. The van der Waals surface area contributed by atoms with Gasteiger partial charge in [-0.15, -0.1) is 0 Å². The SMILES string of the molecule is COC1(c2ccc(CNC(=O)Cc3cccc(C(F)(F)F)c3)cc2)CC1. The molecule has 0 unspecified atom stereocenters. The summed E-state index contributed by atoms with van der Waals surface area (Å²) in [7, 11) is 1.70. The number of carbonyl (C=O) groups is 1. The van der Waals surface area contributed by atoms with Crippen molar-refractivity contribution in [3.05, 3.63) is 70.8 Å². The predicted molar refractivity (Wildman–Crippen MR) is 91.4 cm³/mol. The summed E-state index contributed by atoms with van der Waals surface area (Å²) < 4.78 is 43.7. The second kappa shape index (κ2) is 7.11. The summed E-state index contributed by atoms with van der Waals surface area (Å²) in [5.74, 6) is -0.316. The summed E-state index contributed by atoms with van der Waals surface area (Å²) in [6, 6.07) is 12.7. The van der Waals surface area contributed by atoms with Gasteiger partial charge < -0.3 is 10.1 Å². The predicted octanol–water partition coefficient (Wildman–Crippen LogP) is 4.20. The average molecular weight is 363 g/mol. The molecule has 1 amide bonds. The largest absolute Gasteiger partial charge is 0.416 e. The topological polar surface area (TPSA) is 38.3 Å². The fraction of sp³-hybridized carbons (Fsp3) is 0.350. The minimum absolute atomic E-state index is 0.0885. The Morgan fingerprint density at radius 2 is 1.81 bits per heavy atom. The van der Waals surface area contributed by atoms with E-state index in [1.54, 1.807) is 7.11 Å². The molecule has 0 atom stereocenters. The fourth-order valence-corrected chi connectivity index (χ4v) is 2.96. The third kappa shape index (κ3) is 4.25. The Bertz CT molecular complexity index is 780. The first-order valence-electron chi connectivity index (χ1n) is 8.40. The van der Waals surface area contributed by atoms with E-state index < -0.39 is 11.7 Å². The van der Waals surface area contributed by atoms with Gasteiger partial charge in [0.25, 0.3) is 0 Å². The number of rotatable bonds is 6. The minimum atomic E-state index is -4.41. The van der Waals surface area contributed by atoms with Gasteiger partial charge in [-0.1, -0.05) is 42.5 Å². The first-order valence-corrected chi connectivity index (χ1v) is 8.40. The van der Waals surface area contributed by atoms with Crippen LogP contribution >= 0.6 is 0 Å². The molecule has 1 N–H and O–H groups in total. The van der Waals surface area contributed by atoms with Crippen LogP contribution in [0.4, 0.5) is 13.2 Å². The maximum Gasteiger partial charge on any atom is 0.416 e. The van der Waals surface area contributed by atoms with Crippen LogP contribution < -0.4 is 5.32 Å². The summed E-state index contributed by atoms with van der Waals surface area (Å²) >= 11 is 0. The summed E-state index contributed by atoms with van der Waals surface area (Å²) in [6.07, 6.45) is -2.47. The fourth-order valence-electron chi connectivity index (χ4n) is 2.96. The average Bonchev–Trinajstić information content (AvgIpc) is 3.41. The molecule has 0 heterocycles. The van der Waals surface area contributed by atoms with Crippen LogP contribution in [0, 0.1) is 0 Å². The van der Waals surface area contributed by atoms with Gasteiger partial charge in [-0.25, -0.2) is 0 Å². The molecule has 1 aliphatic carbocycles. The van der Waals surface area contributed by atoms with E-state index in [2.05, 4.69) is 5.32 Å². The Labute approximate surface area is 150 Å². The van der Waals surface area contributed by atoms with Gasteiger partial charge in [0.2, 0.25) is 5.91 Å². The molecular formula is C20H20F3NO2. The van der Waals surface area contributed by atoms with E-state index in [0.29, 0.717) is 12.1 Å². The Hall–Kier alpha value is -2.34. The number of nitrogens with one attached hydrogen (secondary N) is 1. The standard InChI is InChI=1S/C20H20F3NO2/c1-26-19(9-10-19)16-7-5-14(6-8-16)13-24-18(25)12-15-3-2-4-17(11-15)20(21,22)23/h2-8,11H,9-10,12-13H2,1H3,(H,24,25). The van der Waals surface area contributed by atoms with E-state index in [1.165, 1.54) is 12.1 Å². The lowest BCUT2D eigenvalue weighted by molar-refractivity contribution is -0.137. The van der Waals surface area contributed by atoms with Crippen molar-refractivity contribution in [2.24, 2.45) is 0 Å². The number of hydrogen-bond acceptors (Lipinski definition) is 2. The molecule has 1 saturated carbocycles. The van der Waals surface area contributed by atoms with Crippen molar-refractivity contribution in [3.63, 3.8) is 0 Å². The van der Waals surface area contributed by atoms with E-state index in [4.69, 9.17) is 4.74 Å². The van der Waals surface area contributed by atoms with E-state index in [0.717, 1.165) is 36.1 Å². The Balaban J connectivity index is 1.54. The normalized spacial score (nSPS) is 15.5. The van der Waals surface area contributed by atoms with Crippen molar-refractivity contribution >= 4 is 5.91 Å². The number of ether oxygens (including phenoxy) is 1. The highest BCUT2D eigenvalue weighted by molar-refractivity contribution is 5.78. The van der Waals surface area contributed by atoms with Crippen molar-refractivity contribution in [1.82, 2.24) is 5.32 Å². The highest BCUT2D eigenvalue weighted by Crippen LogP contribution is 2.48. The Kier molecular flexibility index (Phi) is 5.05. The van der Waals surface area contributed by atoms with Gasteiger partial charge in [0.1, 0.15) is 0 Å². The van der Waals surface area contributed by atoms with Gasteiger partial charge >= 0.3 is 6.18 Å². The lowest BCUT2D eigenvalue weighted by Crippen LogP contribution is -2.24. The summed E-state index contributed by atoms with van der Waals surface area (Å²) in [4.78, 5) is 12.0. The summed E-state index contributed by atoms with van der Waals surface area (Å²) in [5.41, 5.74) is 1.50. The molecule has 0 radical (unpaired) electrons. The maximum absolute atomic E-state index is 12.7. The first kappa shape index (κ1) is 18.5. The van der Waals surface area contributed by atoms with Crippen LogP contribution in [0.1, 0.15) is 35.1 Å². The maximum atomic E-state index is 12.7. The van der Waals surface area contributed by atoms with Crippen molar-refractivity contribution in [1.29, 1.82) is 0 Å². The monoisotopic (exact) mass is 363 g/mol. The molecule has 0 saturated heterocycles.